The van der Waals surface area contributed by atoms with E-state index in [-0.39, 0.29) is 11.8 Å². The van der Waals surface area contributed by atoms with Crippen LogP contribution in [0.15, 0.2) is 34.9 Å². The topological polar surface area (TPSA) is 38.2 Å². The van der Waals surface area contributed by atoms with E-state index in [0.717, 1.165) is 6.20 Å². The first-order valence-corrected chi connectivity index (χ1v) is 7.69. The molecule has 0 saturated heterocycles. The predicted molar refractivity (Wildman–Crippen MR) is 85.0 cm³/mol. The van der Waals surface area contributed by atoms with Gasteiger partial charge in [-0.15, -0.1) is 0 Å². The van der Waals surface area contributed by atoms with Crippen LogP contribution in [0.25, 0.3) is 0 Å². The second-order valence-corrected chi connectivity index (χ2v) is 5.60. The summed E-state index contributed by atoms with van der Waals surface area (Å²) in [5.41, 5.74) is -0.363. The molecule has 23 heavy (non-hydrogen) atoms. The lowest BCUT2D eigenvalue weighted by Crippen LogP contribution is -2.19. The van der Waals surface area contributed by atoms with Crippen molar-refractivity contribution in [3.63, 3.8) is 0 Å². The van der Waals surface area contributed by atoms with Crippen molar-refractivity contribution in [2.24, 2.45) is 0 Å². The van der Waals surface area contributed by atoms with Gasteiger partial charge in [-0.25, -0.2) is 4.98 Å². The monoisotopic (exact) mass is 389 g/mol. The lowest BCUT2D eigenvalue weighted by atomic mass is 10.2. The molecule has 0 saturated carbocycles. The zero-order valence-corrected chi connectivity index (χ0v) is 14.1. The van der Waals surface area contributed by atoms with Crippen molar-refractivity contribution in [3.05, 3.63) is 40.5 Å². The predicted octanol–water partition coefficient (Wildman–Crippen LogP) is 4.81. The number of rotatable bonds is 5. The molecular formula is C15H15BrF3N3O. The van der Waals surface area contributed by atoms with Crippen LogP contribution in [0.1, 0.15) is 18.9 Å². The summed E-state index contributed by atoms with van der Waals surface area (Å²) in [6, 6.07) is 6.88. The van der Waals surface area contributed by atoms with E-state index in [9.17, 15) is 13.2 Å². The van der Waals surface area contributed by atoms with E-state index in [2.05, 4.69) is 25.9 Å². The molecule has 1 aromatic carbocycles. The standard InChI is InChI=1S/C15H15BrF3N3O/c1-3-8-23-14-20-9-10(15(17,18)19)13(21-14)22(2)12-7-5-4-6-11(12)16/h4-7,9H,3,8H2,1-2H3. The molecule has 0 atom stereocenters. The molecule has 0 aliphatic rings. The maximum Gasteiger partial charge on any atom is 0.421 e. The fourth-order valence-electron chi connectivity index (χ4n) is 1.91. The molecule has 0 aliphatic heterocycles. The Kier molecular flexibility index (Phi) is 5.46. The van der Waals surface area contributed by atoms with Crippen LogP contribution in [0.4, 0.5) is 24.7 Å². The first-order valence-electron chi connectivity index (χ1n) is 6.90. The van der Waals surface area contributed by atoms with E-state index in [1.807, 2.05) is 6.92 Å². The molecule has 0 amide bonds. The van der Waals surface area contributed by atoms with Gasteiger partial charge in [0.15, 0.2) is 5.82 Å². The zero-order valence-electron chi connectivity index (χ0n) is 12.6. The molecule has 1 heterocycles. The minimum absolute atomic E-state index is 0.0752. The lowest BCUT2D eigenvalue weighted by Gasteiger charge is -2.23. The van der Waals surface area contributed by atoms with Gasteiger partial charge in [0.05, 0.1) is 12.3 Å². The average Bonchev–Trinajstić information content (AvgIpc) is 2.51. The van der Waals surface area contributed by atoms with Gasteiger partial charge < -0.3 is 9.64 Å². The van der Waals surface area contributed by atoms with Crippen molar-refractivity contribution in [1.29, 1.82) is 0 Å². The Labute approximate surface area is 140 Å². The molecule has 4 nitrogen and oxygen atoms in total. The zero-order chi connectivity index (χ0) is 17.0. The number of benzene rings is 1. The number of hydrogen-bond donors (Lipinski definition) is 0. The number of hydrogen-bond acceptors (Lipinski definition) is 4. The second kappa shape index (κ2) is 7.16. The van der Waals surface area contributed by atoms with Gasteiger partial charge in [0, 0.05) is 17.7 Å². The number of para-hydroxylation sites is 1. The van der Waals surface area contributed by atoms with Crippen LogP contribution in [0, 0.1) is 0 Å². The Morgan fingerprint density at radius 2 is 1.96 bits per heavy atom. The third-order valence-electron chi connectivity index (χ3n) is 3.02. The molecule has 0 radical (unpaired) electrons. The normalized spacial score (nSPS) is 11.4. The molecule has 2 rings (SSSR count). The quantitative estimate of drug-likeness (QED) is 0.734. The molecule has 0 unspecified atom stereocenters. The van der Waals surface area contributed by atoms with Crippen molar-refractivity contribution in [1.82, 2.24) is 9.97 Å². The highest BCUT2D eigenvalue weighted by Gasteiger charge is 2.37. The van der Waals surface area contributed by atoms with Gasteiger partial charge in [-0.2, -0.15) is 18.2 Å². The van der Waals surface area contributed by atoms with Crippen LogP contribution in [0.3, 0.4) is 0 Å². The van der Waals surface area contributed by atoms with Crippen LogP contribution < -0.4 is 9.64 Å². The fourth-order valence-corrected chi connectivity index (χ4v) is 2.46. The Balaban J connectivity index is 2.50. The summed E-state index contributed by atoms with van der Waals surface area (Å²) < 4.78 is 45.7. The summed E-state index contributed by atoms with van der Waals surface area (Å²) in [6.07, 6.45) is -3.10. The molecule has 124 valence electrons. The molecular weight excluding hydrogens is 375 g/mol. The Morgan fingerprint density at radius 3 is 2.57 bits per heavy atom. The molecule has 8 heteroatoms. The summed E-state index contributed by atoms with van der Waals surface area (Å²) in [5.74, 6) is -0.259. The summed E-state index contributed by atoms with van der Waals surface area (Å²) in [4.78, 5) is 8.95. The summed E-state index contributed by atoms with van der Waals surface area (Å²) >= 11 is 3.33. The van der Waals surface area contributed by atoms with Gasteiger partial charge in [-0.1, -0.05) is 19.1 Å². The Hall–Kier alpha value is -1.83. The van der Waals surface area contributed by atoms with E-state index in [1.165, 1.54) is 11.9 Å². The highest BCUT2D eigenvalue weighted by molar-refractivity contribution is 9.10. The largest absolute Gasteiger partial charge is 0.463 e. The van der Waals surface area contributed by atoms with Crippen molar-refractivity contribution >= 4 is 27.4 Å². The first-order chi connectivity index (χ1) is 10.8. The summed E-state index contributed by atoms with van der Waals surface area (Å²) in [5, 5.41) is 0. The molecule has 1 aromatic heterocycles. The van der Waals surface area contributed by atoms with Crippen molar-refractivity contribution < 1.29 is 17.9 Å². The van der Waals surface area contributed by atoms with Crippen LogP contribution in [-0.4, -0.2) is 23.6 Å². The van der Waals surface area contributed by atoms with E-state index in [0.29, 0.717) is 23.2 Å². The maximum absolute atomic E-state index is 13.2. The van der Waals surface area contributed by atoms with Gasteiger partial charge in [0.1, 0.15) is 5.56 Å². The summed E-state index contributed by atoms with van der Waals surface area (Å²) in [7, 11) is 1.52. The molecule has 0 spiro atoms. The van der Waals surface area contributed by atoms with Crippen LogP contribution in [0.5, 0.6) is 6.01 Å². The Bertz CT molecular complexity index is 679. The smallest absolute Gasteiger partial charge is 0.421 e. The van der Waals surface area contributed by atoms with Gasteiger partial charge in [-0.3, -0.25) is 0 Å². The van der Waals surface area contributed by atoms with Crippen LogP contribution in [0.2, 0.25) is 0 Å². The van der Waals surface area contributed by atoms with Gasteiger partial charge >= 0.3 is 12.2 Å². The first kappa shape index (κ1) is 17.5. The van der Waals surface area contributed by atoms with E-state index >= 15 is 0 Å². The second-order valence-electron chi connectivity index (χ2n) is 4.75. The van der Waals surface area contributed by atoms with Crippen LogP contribution >= 0.6 is 15.9 Å². The third kappa shape index (κ3) is 4.13. The minimum Gasteiger partial charge on any atom is -0.463 e. The van der Waals surface area contributed by atoms with Crippen molar-refractivity contribution in [2.45, 2.75) is 19.5 Å². The molecule has 0 N–H and O–H groups in total. The van der Waals surface area contributed by atoms with Gasteiger partial charge in [0.25, 0.3) is 0 Å². The Morgan fingerprint density at radius 1 is 1.26 bits per heavy atom. The lowest BCUT2D eigenvalue weighted by molar-refractivity contribution is -0.137. The van der Waals surface area contributed by atoms with Crippen molar-refractivity contribution in [3.8, 4) is 6.01 Å². The van der Waals surface area contributed by atoms with E-state index < -0.39 is 11.7 Å². The fraction of sp³-hybridized carbons (Fsp3) is 0.333. The van der Waals surface area contributed by atoms with E-state index in [1.54, 1.807) is 24.3 Å². The van der Waals surface area contributed by atoms with Crippen LogP contribution in [-0.2, 0) is 6.18 Å². The molecule has 0 fully saturated rings. The molecule has 0 aliphatic carbocycles. The number of alkyl halides is 3. The van der Waals surface area contributed by atoms with Gasteiger partial charge in [0.2, 0.25) is 0 Å². The minimum atomic E-state index is -4.56. The number of ether oxygens (including phenoxy) is 1. The third-order valence-corrected chi connectivity index (χ3v) is 3.69. The van der Waals surface area contributed by atoms with Crippen molar-refractivity contribution in [2.75, 3.05) is 18.6 Å². The van der Waals surface area contributed by atoms with Gasteiger partial charge in [-0.05, 0) is 34.5 Å². The SMILES string of the molecule is CCCOc1ncc(C(F)(F)F)c(N(C)c2ccccc2Br)n1. The summed E-state index contributed by atoms with van der Waals surface area (Å²) in [6.45, 7) is 2.22. The highest BCUT2D eigenvalue weighted by Crippen LogP contribution is 2.39. The number of nitrogens with zero attached hydrogens (tertiary/aromatic N) is 3. The number of anilines is 2. The number of aromatic nitrogens is 2. The highest BCUT2D eigenvalue weighted by atomic mass is 79.9. The maximum atomic E-state index is 13.2. The average molecular weight is 390 g/mol. The number of halogens is 4. The molecule has 0 bridgehead atoms. The molecule has 2 aromatic rings. The van der Waals surface area contributed by atoms with E-state index in [4.69, 9.17) is 4.74 Å².